The van der Waals surface area contributed by atoms with Gasteiger partial charge in [-0.1, -0.05) is 30.3 Å². The SMILES string of the molecule is CCOC(=O)c1[nH]c(C)c(-c2ccnc(Nc3ccc(O)c([N+](=O)[O-])c3)n2)c1-c1ccccc1. The normalized spacial score (nSPS) is 10.6. The van der Waals surface area contributed by atoms with E-state index in [9.17, 15) is 20.0 Å². The number of nitro groups is 1. The summed E-state index contributed by atoms with van der Waals surface area (Å²) < 4.78 is 5.25. The maximum absolute atomic E-state index is 12.7. The summed E-state index contributed by atoms with van der Waals surface area (Å²) in [6.45, 7) is 3.82. The molecular weight excluding hydrogens is 438 g/mol. The van der Waals surface area contributed by atoms with Crippen molar-refractivity contribution in [2.45, 2.75) is 13.8 Å². The van der Waals surface area contributed by atoms with Crippen LogP contribution in [-0.2, 0) is 4.74 Å². The molecule has 0 amide bonds. The van der Waals surface area contributed by atoms with Gasteiger partial charge in [0.05, 0.1) is 17.2 Å². The van der Waals surface area contributed by atoms with Gasteiger partial charge in [-0.05, 0) is 37.6 Å². The number of nitro benzene ring substituents is 1. The van der Waals surface area contributed by atoms with E-state index < -0.39 is 22.3 Å². The zero-order valence-corrected chi connectivity index (χ0v) is 18.4. The number of esters is 1. The summed E-state index contributed by atoms with van der Waals surface area (Å²) in [5.74, 6) is -0.721. The molecule has 172 valence electrons. The van der Waals surface area contributed by atoms with E-state index >= 15 is 0 Å². The third-order valence-corrected chi connectivity index (χ3v) is 5.07. The highest BCUT2D eigenvalue weighted by atomic mass is 16.6. The van der Waals surface area contributed by atoms with Crippen LogP contribution in [0.25, 0.3) is 22.4 Å². The van der Waals surface area contributed by atoms with E-state index in [0.29, 0.717) is 33.9 Å². The Kier molecular flexibility index (Phi) is 6.22. The first-order chi connectivity index (χ1) is 16.4. The van der Waals surface area contributed by atoms with Crippen molar-refractivity contribution in [2.75, 3.05) is 11.9 Å². The molecule has 0 saturated carbocycles. The van der Waals surface area contributed by atoms with Gasteiger partial charge in [0, 0.05) is 34.8 Å². The van der Waals surface area contributed by atoms with Crippen LogP contribution < -0.4 is 5.32 Å². The minimum absolute atomic E-state index is 0.190. The van der Waals surface area contributed by atoms with Crippen molar-refractivity contribution in [3.05, 3.63) is 82.3 Å². The van der Waals surface area contributed by atoms with Crippen LogP contribution in [0, 0.1) is 17.0 Å². The number of aromatic amines is 1. The van der Waals surface area contributed by atoms with Crippen molar-refractivity contribution in [3.8, 4) is 28.1 Å². The number of anilines is 2. The minimum atomic E-state index is -0.677. The number of aryl methyl sites for hydroxylation is 1. The number of phenols is 1. The van der Waals surface area contributed by atoms with Gasteiger partial charge in [0.1, 0.15) is 5.69 Å². The Balaban J connectivity index is 1.79. The Labute approximate surface area is 194 Å². The predicted octanol–water partition coefficient (Wildman–Crippen LogP) is 4.98. The summed E-state index contributed by atoms with van der Waals surface area (Å²) in [6, 6.07) is 15.0. The van der Waals surface area contributed by atoms with Gasteiger partial charge in [0.15, 0.2) is 5.75 Å². The number of aromatic hydroxyl groups is 1. The summed E-state index contributed by atoms with van der Waals surface area (Å²) in [6.07, 6.45) is 1.55. The number of nitrogens with zero attached hydrogens (tertiary/aromatic N) is 3. The zero-order chi connectivity index (χ0) is 24.2. The van der Waals surface area contributed by atoms with Crippen LogP contribution in [0.5, 0.6) is 5.75 Å². The number of carbonyl (C=O) groups is 1. The lowest BCUT2D eigenvalue weighted by Gasteiger charge is -2.10. The van der Waals surface area contributed by atoms with Gasteiger partial charge in [-0.2, -0.15) is 0 Å². The van der Waals surface area contributed by atoms with Gasteiger partial charge >= 0.3 is 11.7 Å². The van der Waals surface area contributed by atoms with Crippen molar-refractivity contribution < 1.29 is 19.6 Å². The molecule has 0 spiro atoms. The maximum Gasteiger partial charge on any atom is 0.355 e. The molecule has 3 N–H and O–H groups in total. The first-order valence-corrected chi connectivity index (χ1v) is 10.4. The fourth-order valence-electron chi connectivity index (χ4n) is 3.63. The number of rotatable bonds is 7. The van der Waals surface area contributed by atoms with Gasteiger partial charge in [-0.3, -0.25) is 10.1 Å². The molecule has 2 aromatic carbocycles. The summed E-state index contributed by atoms with van der Waals surface area (Å²) in [4.78, 5) is 35.0. The second kappa shape index (κ2) is 9.41. The average Bonchev–Trinajstić information content (AvgIpc) is 3.18. The lowest BCUT2D eigenvalue weighted by molar-refractivity contribution is -0.385. The number of ether oxygens (including phenoxy) is 1. The number of benzene rings is 2. The second-order valence-corrected chi connectivity index (χ2v) is 7.31. The number of carbonyl (C=O) groups excluding carboxylic acids is 1. The number of phenolic OH excluding ortho intramolecular Hbond substituents is 1. The third kappa shape index (κ3) is 4.42. The van der Waals surface area contributed by atoms with E-state index in [1.807, 2.05) is 37.3 Å². The van der Waals surface area contributed by atoms with E-state index in [2.05, 4.69) is 20.3 Å². The molecule has 2 heterocycles. The Bertz CT molecular complexity index is 1370. The van der Waals surface area contributed by atoms with Crippen molar-refractivity contribution in [1.82, 2.24) is 15.0 Å². The highest BCUT2D eigenvalue weighted by Crippen LogP contribution is 2.38. The zero-order valence-electron chi connectivity index (χ0n) is 18.4. The summed E-state index contributed by atoms with van der Waals surface area (Å²) in [5, 5.41) is 23.7. The molecule has 4 rings (SSSR count). The van der Waals surface area contributed by atoms with E-state index in [0.717, 1.165) is 5.56 Å². The fraction of sp³-hybridized carbons (Fsp3) is 0.125. The molecule has 0 atom stereocenters. The molecule has 2 aromatic heterocycles. The molecule has 34 heavy (non-hydrogen) atoms. The van der Waals surface area contributed by atoms with Gasteiger partial charge in [0.2, 0.25) is 5.95 Å². The molecule has 10 nitrogen and oxygen atoms in total. The van der Waals surface area contributed by atoms with Crippen molar-refractivity contribution in [1.29, 1.82) is 0 Å². The standard InChI is InChI=1S/C24H21N5O5/c1-3-34-23(31)22-21(15-7-5-4-6-8-15)20(14(2)26-22)17-11-12-25-24(28-17)27-16-9-10-19(30)18(13-16)29(32)33/h4-13,26,30H,3H2,1-2H3,(H,25,27,28). The Morgan fingerprint density at radius 3 is 2.65 bits per heavy atom. The molecule has 0 bridgehead atoms. The van der Waals surface area contributed by atoms with Gasteiger partial charge in [-0.15, -0.1) is 0 Å². The highest BCUT2D eigenvalue weighted by molar-refractivity contribution is 6.01. The molecule has 0 aliphatic rings. The van der Waals surface area contributed by atoms with Gasteiger partial charge in [-0.25, -0.2) is 14.8 Å². The summed E-state index contributed by atoms with van der Waals surface area (Å²) in [5.41, 5.74) is 3.64. The Morgan fingerprint density at radius 1 is 1.18 bits per heavy atom. The second-order valence-electron chi connectivity index (χ2n) is 7.31. The van der Waals surface area contributed by atoms with Crippen molar-refractivity contribution in [2.24, 2.45) is 0 Å². The van der Waals surface area contributed by atoms with Crippen LogP contribution in [0.2, 0.25) is 0 Å². The topological polar surface area (TPSA) is 143 Å². The lowest BCUT2D eigenvalue weighted by Crippen LogP contribution is -2.06. The molecule has 0 aliphatic carbocycles. The number of hydrogen-bond acceptors (Lipinski definition) is 8. The van der Waals surface area contributed by atoms with Gasteiger partial charge < -0.3 is 20.1 Å². The first-order valence-electron chi connectivity index (χ1n) is 10.4. The van der Waals surface area contributed by atoms with Crippen molar-refractivity contribution >= 4 is 23.3 Å². The van der Waals surface area contributed by atoms with E-state index in [4.69, 9.17) is 4.74 Å². The Hall–Kier alpha value is -4.73. The maximum atomic E-state index is 12.7. The largest absolute Gasteiger partial charge is 0.502 e. The van der Waals surface area contributed by atoms with E-state index in [-0.39, 0.29) is 12.6 Å². The number of hydrogen-bond donors (Lipinski definition) is 3. The van der Waals surface area contributed by atoms with E-state index in [1.165, 1.54) is 18.2 Å². The summed E-state index contributed by atoms with van der Waals surface area (Å²) >= 11 is 0. The van der Waals surface area contributed by atoms with E-state index in [1.54, 1.807) is 19.2 Å². The summed E-state index contributed by atoms with van der Waals surface area (Å²) in [7, 11) is 0. The molecule has 4 aromatic rings. The third-order valence-electron chi connectivity index (χ3n) is 5.07. The number of nitrogens with one attached hydrogen (secondary N) is 2. The molecule has 0 fully saturated rings. The molecular formula is C24H21N5O5. The van der Waals surface area contributed by atoms with Crippen LogP contribution in [0.4, 0.5) is 17.3 Å². The highest BCUT2D eigenvalue weighted by Gasteiger charge is 2.24. The molecule has 0 radical (unpaired) electrons. The molecule has 0 unspecified atom stereocenters. The first kappa shape index (κ1) is 22.5. The molecule has 0 saturated heterocycles. The van der Waals surface area contributed by atoms with Gasteiger partial charge in [0.25, 0.3) is 0 Å². The Morgan fingerprint density at radius 2 is 1.94 bits per heavy atom. The van der Waals surface area contributed by atoms with Crippen LogP contribution in [0.1, 0.15) is 23.1 Å². The monoisotopic (exact) mass is 459 g/mol. The smallest absolute Gasteiger partial charge is 0.355 e. The predicted molar refractivity (Wildman–Crippen MR) is 126 cm³/mol. The number of H-pyrrole nitrogens is 1. The quantitative estimate of drug-likeness (QED) is 0.152. The lowest BCUT2D eigenvalue weighted by atomic mass is 9.98. The fourth-order valence-corrected chi connectivity index (χ4v) is 3.63. The van der Waals surface area contributed by atoms with Crippen LogP contribution >= 0.6 is 0 Å². The molecule has 0 aliphatic heterocycles. The average molecular weight is 459 g/mol. The number of aromatic nitrogens is 3. The van der Waals surface area contributed by atoms with Crippen LogP contribution in [-0.4, -0.2) is 37.6 Å². The van der Waals surface area contributed by atoms with Crippen LogP contribution in [0.15, 0.2) is 60.8 Å². The molecule has 10 heteroatoms. The minimum Gasteiger partial charge on any atom is -0.502 e. The van der Waals surface area contributed by atoms with Crippen LogP contribution in [0.3, 0.4) is 0 Å². The van der Waals surface area contributed by atoms with Crippen molar-refractivity contribution in [3.63, 3.8) is 0 Å².